The maximum atomic E-state index is 4.59. The number of allylic oxidation sites excluding steroid dienone is 5. The van der Waals surface area contributed by atoms with Crippen LogP contribution in [-0.2, 0) is 6.42 Å². The van der Waals surface area contributed by atoms with Gasteiger partial charge in [-0.3, -0.25) is 4.98 Å². The topological polar surface area (TPSA) is 19.4 Å². The van der Waals surface area contributed by atoms with Crippen molar-refractivity contribution in [3.63, 3.8) is 0 Å². The van der Waals surface area contributed by atoms with E-state index in [0.717, 1.165) is 65.0 Å². The molecule has 8 rings (SSSR count). The van der Waals surface area contributed by atoms with E-state index < -0.39 is 0 Å². The van der Waals surface area contributed by atoms with Crippen molar-refractivity contribution in [1.82, 2.24) is 4.98 Å². The lowest BCUT2D eigenvalue weighted by Crippen LogP contribution is -2.16. The molecule has 0 amide bonds. The number of nitrogens with zero attached hydrogens (tertiary/aromatic N) is 3. The highest BCUT2D eigenvalue weighted by molar-refractivity contribution is 6.15. The van der Waals surface area contributed by atoms with Crippen LogP contribution >= 0.6 is 0 Å². The van der Waals surface area contributed by atoms with Crippen molar-refractivity contribution < 1.29 is 0 Å². The second kappa shape index (κ2) is 14.3. The van der Waals surface area contributed by atoms with Gasteiger partial charge in [-0.25, -0.2) is 0 Å². The predicted octanol–water partition coefficient (Wildman–Crippen LogP) is 13.5. The van der Waals surface area contributed by atoms with Crippen LogP contribution in [0.15, 0.2) is 176 Å². The molecule has 0 saturated heterocycles. The maximum Gasteiger partial charge on any atom is 0.0703 e. The Bertz CT molecular complexity index is 2470. The number of fused-ring (bicyclic) bond motifs is 4. The highest BCUT2D eigenvalue weighted by atomic mass is 15.2. The molecule has 3 heteroatoms. The number of aryl methyl sites for hydroxylation is 1. The van der Waals surface area contributed by atoms with E-state index in [1.807, 2.05) is 24.4 Å². The van der Waals surface area contributed by atoms with Crippen molar-refractivity contribution in [2.45, 2.75) is 32.6 Å². The largest absolute Gasteiger partial charge is 0.311 e. The zero-order valence-corrected chi connectivity index (χ0v) is 29.0. The summed E-state index contributed by atoms with van der Waals surface area (Å²) in [6, 6.07) is 46.3. The number of rotatable bonds is 10. The van der Waals surface area contributed by atoms with Gasteiger partial charge in [0.25, 0.3) is 0 Å². The van der Waals surface area contributed by atoms with E-state index in [0.29, 0.717) is 0 Å². The number of para-hydroxylation sites is 1. The molecular formula is C48H41N3. The molecule has 0 atom stereocenters. The molecule has 0 unspecified atom stereocenters. The van der Waals surface area contributed by atoms with Crippen molar-refractivity contribution in [3.8, 4) is 0 Å². The first-order chi connectivity index (χ1) is 25.2. The SMILES string of the molecule is C=C/C=C\c1cc(N(C2=CCCC=C2)c2ccc3cc(N(c4ccccc4)c4ccc5ncccc5c4)c4ccccc4c3c2)ccc1CCC. The van der Waals surface area contributed by atoms with Crippen molar-refractivity contribution in [2.24, 2.45) is 0 Å². The molecule has 7 aromatic rings. The van der Waals surface area contributed by atoms with Gasteiger partial charge in [-0.15, -0.1) is 0 Å². The molecular weight excluding hydrogens is 619 g/mol. The monoisotopic (exact) mass is 659 g/mol. The Hall–Kier alpha value is -6.19. The summed E-state index contributed by atoms with van der Waals surface area (Å²) in [7, 11) is 0. The van der Waals surface area contributed by atoms with Crippen LogP contribution in [-0.4, -0.2) is 4.98 Å². The Kier molecular flexibility index (Phi) is 9.01. The Labute approximate surface area is 300 Å². The molecule has 0 aliphatic heterocycles. The summed E-state index contributed by atoms with van der Waals surface area (Å²) >= 11 is 0. The molecule has 0 spiro atoms. The third-order valence-corrected chi connectivity index (χ3v) is 9.73. The van der Waals surface area contributed by atoms with Crippen molar-refractivity contribution in [2.75, 3.05) is 9.80 Å². The number of anilines is 5. The predicted molar refractivity (Wildman–Crippen MR) is 220 cm³/mol. The van der Waals surface area contributed by atoms with Gasteiger partial charge in [-0.1, -0.05) is 111 Å². The smallest absolute Gasteiger partial charge is 0.0703 e. The quantitative estimate of drug-likeness (QED) is 0.108. The van der Waals surface area contributed by atoms with Gasteiger partial charge in [0.2, 0.25) is 0 Å². The molecule has 0 fully saturated rings. The van der Waals surface area contributed by atoms with Crippen LogP contribution in [0.2, 0.25) is 0 Å². The van der Waals surface area contributed by atoms with Crippen LogP contribution in [0, 0.1) is 0 Å². The number of benzene rings is 6. The molecule has 0 radical (unpaired) electrons. The normalized spacial score (nSPS) is 12.8. The minimum Gasteiger partial charge on any atom is -0.311 e. The Morgan fingerprint density at radius 3 is 2.27 bits per heavy atom. The van der Waals surface area contributed by atoms with Gasteiger partial charge < -0.3 is 9.80 Å². The maximum absolute atomic E-state index is 4.59. The van der Waals surface area contributed by atoms with Gasteiger partial charge in [0.15, 0.2) is 0 Å². The molecule has 248 valence electrons. The van der Waals surface area contributed by atoms with Crippen LogP contribution in [0.1, 0.15) is 37.3 Å². The molecule has 0 N–H and O–H groups in total. The van der Waals surface area contributed by atoms with Crippen LogP contribution in [0.3, 0.4) is 0 Å². The Balaban J connectivity index is 1.32. The average molecular weight is 660 g/mol. The van der Waals surface area contributed by atoms with Gasteiger partial charge >= 0.3 is 0 Å². The lowest BCUT2D eigenvalue weighted by Gasteiger charge is -2.30. The Morgan fingerprint density at radius 1 is 0.667 bits per heavy atom. The van der Waals surface area contributed by atoms with E-state index in [1.165, 1.54) is 38.4 Å². The third-order valence-electron chi connectivity index (χ3n) is 9.73. The minimum atomic E-state index is 0.987. The van der Waals surface area contributed by atoms with E-state index in [-0.39, 0.29) is 0 Å². The number of pyridine rings is 1. The summed E-state index contributed by atoms with van der Waals surface area (Å²) in [4.78, 5) is 9.38. The van der Waals surface area contributed by atoms with Gasteiger partial charge in [-0.05, 0) is 119 Å². The molecule has 0 saturated carbocycles. The second-order valence-corrected chi connectivity index (χ2v) is 13.1. The number of hydrogen-bond donors (Lipinski definition) is 0. The number of aromatic nitrogens is 1. The molecule has 1 heterocycles. The van der Waals surface area contributed by atoms with E-state index in [1.54, 1.807) is 0 Å². The fraction of sp³-hybridized carbons (Fsp3) is 0.104. The molecule has 6 aromatic carbocycles. The summed E-state index contributed by atoms with van der Waals surface area (Å²) in [5, 5.41) is 5.94. The summed E-state index contributed by atoms with van der Waals surface area (Å²) in [6.45, 7) is 6.16. The lowest BCUT2D eigenvalue weighted by atomic mass is 9.97. The van der Waals surface area contributed by atoms with Crippen LogP contribution in [0.5, 0.6) is 0 Å². The first-order valence-corrected chi connectivity index (χ1v) is 18.0. The molecule has 1 aliphatic carbocycles. The van der Waals surface area contributed by atoms with Crippen LogP contribution < -0.4 is 9.80 Å². The van der Waals surface area contributed by atoms with Crippen LogP contribution in [0.4, 0.5) is 28.4 Å². The fourth-order valence-corrected chi connectivity index (χ4v) is 7.36. The summed E-state index contributed by atoms with van der Waals surface area (Å²) in [6.07, 6.45) is 19.1. The van der Waals surface area contributed by atoms with E-state index in [4.69, 9.17) is 0 Å². The van der Waals surface area contributed by atoms with Crippen molar-refractivity contribution in [3.05, 3.63) is 187 Å². The van der Waals surface area contributed by atoms with E-state index in [9.17, 15) is 0 Å². The number of hydrogen-bond acceptors (Lipinski definition) is 3. The zero-order chi connectivity index (χ0) is 34.6. The third kappa shape index (κ3) is 6.35. The second-order valence-electron chi connectivity index (χ2n) is 13.1. The summed E-state index contributed by atoms with van der Waals surface area (Å²) in [5.41, 5.74) is 10.4. The summed E-state index contributed by atoms with van der Waals surface area (Å²) in [5.74, 6) is 0. The van der Waals surface area contributed by atoms with Crippen molar-refractivity contribution in [1.29, 1.82) is 0 Å². The van der Waals surface area contributed by atoms with Gasteiger partial charge in [0.1, 0.15) is 0 Å². The lowest BCUT2D eigenvalue weighted by molar-refractivity contribution is 0.919. The zero-order valence-electron chi connectivity index (χ0n) is 29.0. The molecule has 3 nitrogen and oxygen atoms in total. The Morgan fingerprint density at radius 2 is 1.45 bits per heavy atom. The van der Waals surface area contributed by atoms with Gasteiger partial charge in [0, 0.05) is 45.4 Å². The van der Waals surface area contributed by atoms with Crippen LogP contribution in [0.25, 0.3) is 38.5 Å². The summed E-state index contributed by atoms with van der Waals surface area (Å²) < 4.78 is 0. The highest BCUT2D eigenvalue weighted by Crippen LogP contribution is 2.44. The standard InChI is InChI=1S/C48H41N3/c1-3-5-16-36-31-41(26-24-35(36)15-4-2)50(39-18-8-6-9-19-39)43-27-25-37-33-48(45-23-13-12-22-44(45)46(37)34-43)51(40-20-10-7-11-21-40)42-28-29-47-38(32-42)17-14-30-49-47/h3,5,7-8,10-14,16-34H,1,4,6,9,15H2,2H3/b16-5-. The van der Waals surface area contributed by atoms with Gasteiger partial charge in [0.05, 0.1) is 11.2 Å². The van der Waals surface area contributed by atoms with Gasteiger partial charge in [-0.2, -0.15) is 0 Å². The van der Waals surface area contributed by atoms with E-state index in [2.05, 4.69) is 174 Å². The van der Waals surface area contributed by atoms with E-state index >= 15 is 0 Å². The highest BCUT2D eigenvalue weighted by Gasteiger charge is 2.20. The first-order valence-electron chi connectivity index (χ1n) is 18.0. The first kappa shape index (κ1) is 32.0. The molecule has 51 heavy (non-hydrogen) atoms. The molecule has 0 bridgehead atoms. The molecule has 1 aromatic heterocycles. The average Bonchev–Trinajstić information content (AvgIpc) is 3.19. The minimum absolute atomic E-state index is 0.987. The molecule has 1 aliphatic rings. The fourth-order valence-electron chi connectivity index (χ4n) is 7.36. The van der Waals surface area contributed by atoms with Crippen molar-refractivity contribution >= 4 is 67.0 Å².